The van der Waals surface area contributed by atoms with Crippen LogP contribution in [0.1, 0.15) is 12.5 Å². The first-order chi connectivity index (χ1) is 12.2. The second-order valence-electron chi connectivity index (χ2n) is 6.24. The molecule has 0 aliphatic carbocycles. The number of esters is 1. The van der Waals surface area contributed by atoms with Crippen LogP contribution in [-0.4, -0.2) is 56.9 Å². The average molecular weight is 366 g/mol. The van der Waals surface area contributed by atoms with Crippen molar-refractivity contribution in [3.05, 3.63) is 39.9 Å². The monoisotopic (exact) mass is 366 g/mol. The third-order valence-corrected chi connectivity index (χ3v) is 4.62. The lowest BCUT2D eigenvalue weighted by Crippen LogP contribution is -2.66. The highest BCUT2D eigenvalue weighted by Crippen LogP contribution is 2.41. The number of rotatable bonds is 5. The maximum absolute atomic E-state index is 14.2. The number of aliphatic hydroxyl groups is 1. The second kappa shape index (κ2) is 6.45. The number of hydrogen-bond acceptors (Lipinski definition) is 7. The third kappa shape index (κ3) is 2.71. The van der Waals surface area contributed by atoms with Gasteiger partial charge in [0, 0.05) is 12.1 Å². The number of ether oxygens (including phenoxy) is 1. The number of nitrogens with zero attached hydrogens (tertiary/aromatic N) is 2. The van der Waals surface area contributed by atoms with Gasteiger partial charge in [-0.3, -0.25) is 19.7 Å². The molecule has 2 unspecified atom stereocenters. The smallest absolute Gasteiger partial charge is 0.337 e. The number of carbonyl (C=O) groups is 3. The van der Waals surface area contributed by atoms with Gasteiger partial charge in [-0.1, -0.05) is 0 Å². The molecule has 1 amide bonds. The Morgan fingerprint density at radius 1 is 1.38 bits per heavy atom. The number of hydrogen-bond donors (Lipinski definition) is 1. The summed E-state index contributed by atoms with van der Waals surface area (Å²) in [6.45, 7) is 1.03. The van der Waals surface area contributed by atoms with Crippen LogP contribution in [0.3, 0.4) is 0 Å². The molecular weight excluding hydrogens is 351 g/mol. The molecule has 10 heteroatoms. The Morgan fingerprint density at radius 3 is 2.54 bits per heavy atom. The van der Waals surface area contributed by atoms with Gasteiger partial charge < -0.3 is 14.7 Å². The van der Waals surface area contributed by atoms with E-state index in [-0.39, 0.29) is 12.3 Å². The van der Waals surface area contributed by atoms with Crippen molar-refractivity contribution in [3.63, 3.8) is 0 Å². The number of halogens is 1. The van der Waals surface area contributed by atoms with Gasteiger partial charge in [0.25, 0.3) is 5.69 Å². The molecule has 1 aromatic rings. The van der Waals surface area contributed by atoms with Gasteiger partial charge in [0.2, 0.25) is 11.7 Å². The zero-order valence-electron chi connectivity index (χ0n) is 13.6. The Morgan fingerprint density at radius 2 is 2.00 bits per heavy atom. The van der Waals surface area contributed by atoms with Crippen molar-refractivity contribution in [3.8, 4) is 0 Å². The quantitative estimate of drug-likeness (QED) is 0.258. The minimum absolute atomic E-state index is 0.135. The fourth-order valence-electron chi connectivity index (χ4n) is 3.30. The SMILES string of the molecule is C[C@@H](O)[C@H]1C(=O)N2C(C(=O)OCc3ccc([N+](=O)[O-])cc3)C(=O)C(F)[C@@H]12. The van der Waals surface area contributed by atoms with Gasteiger partial charge in [0.1, 0.15) is 6.61 Å². The molecular formula is C16H15FN2O7. The number of ketones is 1. The summed E-state index contributed by atoms with van der Waals surface area (Å²) in [6, 6.07) is 2.37. The number of β-lactam (4-membered cyclic amide) rings is 1. The predicted molar refractivity (Wildman–Crippen MR) is 82.4 cm³/mol. The maximum atomic E-state index is 14.2. The van der Waals surface area contributed by atoms with Crippen LogP contribution in [0.15, 0.2) is 24.3 Å². The van der Waals surface area contributed by atoms with Crippen LogP contribution in [0, 0.1) is 16.0 Å². The third-order valence-electron chi connectivity index (χ3n) is 4.62. The van der Waals surface area contributed by atoms with Gasteiger partial charge in [-0.15, -0.1) is 0 Å². The number of fused-ring (bicyclic) bond motifs is 1. The zero-order chi connectivity index (χ0) is 19.2. The zero-order valence-corrected chi connectivity index (χ0v) is 13.6. The molecule has 138 valence electrons. The van der Waals surface area contributed by atoms with Crippen molar-refractivity contribution in [1.29, 1.82) is 0 Å². The van der Waals surface area contributed by atoms with Crippen LogP contribution < -0.4 is 0 Å². The summed E-state index contributed by atoms with van der Waals surface area (Å²) in [5.41, 5.74) is 0.295. The molecule has 2 fully saturated rings. The first kappa shape index (κ1) is 17.9. The van der Waals surface area contributed by atoms with E-state index in [2.05, 4.69) is 0 Å². The van der Waals surface area contributed by atoms with E-state index in [1.165, 1.54) is 31.2 Å². The number of alkyl halides is 1. The van der Waals surface area contributed by atoms with E-state index in [4.69, 9.17) is 4.74 Å². The fourth-order valence-corrected chi connectivity index (χ4v) is 3.30. The Balaban J connectivity index is 1.67. The average Bonchev–Trinajstić information content (AvgIpc) is 2.81. The minimum Gasteiger partial charge on any atom is -0.459 e. The Hall–Kier alpha value is -2.88. The summed E-state index contributed by atoms with van der Waals surface area (Å²) in [4.78, 5) is 47.1. The van der Waals surface area contributed by atoms with Crippen molar-refractivity contribution < 1.29 is 33.5 Å². The molecule has 5 atom stereocenters. The van der Waals surface area contributed by atoms with Crippen molar-refractivity contribution in [2.75, 3.05) is 0 Å². The summed E-state index contributed by atoms with van der Waals surface area (Å²) < 4.78 is 19.1. The maximum Gasteiger partial charge on any atom is 0.337 e. The van der Waals surface area contributed by atoms with Gasteiger partial charge in [0.15, 0.2) is 12.2 Å². The van der Waals surface area contributed by atoms with Crippen molar-refractivity contribution in [2.24, 2.45) is 5.92 Å². The fraction of sp³-hybridized carbons (Fsp3) is 0.438. The molecule has 9 nitrogen and oxygen atoms in total. The standard InChI is InChI=1S/C16H15FN2O7/c1-7(20)10-12-11(17)14(21)13(18(12)15(10)22)16(23)26-6-8-2-4-9(5-3-8)19(24)25/h2-5,7,10-13,20H,6H2,1H3/t7-,10-,11?,12-,13?/m1/s1. The molecule has 0 spiro atoms. The summed E-state index contributed by atoms with van der Waals surface area (Å²) in [5, 5.41) is 20.1. The van der Waals surface area contributed by atoms with E-state index < -0.39 is 52.9 Å². The van der Waals surface area contributed by atoms with Crippen molar-refractivity contribution in [2.45, 2.75) is 37.9 Å². The molecule has 26 heavy (non-hydrogen) atoms. The number of benzene rings is 1. The highest BCUT2D eigenvalue weighted by Gasteiger charge is 2.66. The Kier molecular flexibility index (Phi) is 4.45. The van der Waals surface area contributed by atoms with Crippen LogP contribution in [0.25, 0.3) is 0 Å². The van der Waals surface area contributed by atoms with E-state index in [0.717, 1.165) is 4.90 Å². The first-order valence-electron chi connectivity index (χ1n) is 7.82. The van der Waals surface area contributed by atoms with Crippen molar-refractivity contribution >= 4 is 23.3 Å². The van der Waals surface area contributed by atoms with Gasteiger partial charge in [-0.25, -0.2) is 9.18 Å². The molecule has 1 N–H and O–H groups in total. The van der Waals surface area contributed by atoms with Gasteiger partial charge in [0.05, 0.1) is 23.0 Å². The number of carbonyl (C=O) groups excluding carboxylic acids is 3. The summed E-state index contributed by atoms with van der Waals surface area (Å²) in [7, 11) is 0. The van der Waals surface area contributed by atoms with E-state index in [9.17, 15) is 34.0 Å². The molecule has 3 rings (SSSR count). The second-order valence-corrected chi connectivity index (χ2v) is 6.24. The topological polar surface area (TPSA) is 127 Å². The minimum atomic E-state index is -2.05. The van der Waals surface area contributed by atoms with Crippen LogP contribution in [0.5, 0.6) is 0 Å². The van der Waals surface area contributed by atoms with E-state index >= 15 is 0 Å². The molecule has 1 aromatic carbocycles. The summed E-state index contributed by atoms with van der Waals surface area (Å²) in [6.07, 6.45) is -3.19. The number of nitro benzene ring substituents is 1. The Labute approximate surface area is 146 Å². The summed E-state index contributed by atoms with van der Waals surface area (Å²) >= 11 is 0. The molecule has 2 saturated heterocycles. The van der Waals surface area contributed by atoms with Gasteiger partial charge in [-0.2, -0.15) is 0 Å². The largest absolute Gasteiger partial charge is 0.459 e. The number of Topliss-reactive ketones (excluding diaryl/α,β-unsaturated/α-hetero) is 1. The molecule has 0 aromatic heterocycles. The van der Waals surface area contributed by atoms with E-state index in [0.29, 0.717) is 5.56 Å². The van der Waals surface area contributed by atoms with Crippen LogP contribution >= 0.6 is 0 Å². The number of aliphatic hydroxyl groups excluding tert-OH is 1. The predicted octanol–water partition coefficient (Wildman–Crippen LogP) is 0.135. The van der Waals surface area contributed by atoms with Crippen molar-refractivity contribution in [1.82, 2.24) is 4.90 Å². The normalized spacial score (nSPS) is 28.3. The van der Waals surface area contributed by atoms with Crippen LogP contribution in [-0.2, 0) is 25.7 Å². The van der Waals surface area contributed by atoms with E-state index in [1.54, 1.807) is 0 Å². The van der Waals surface area contributed by atoms with Gasteiger partial charge in [-0.05, 0) is 24.6 Å². The van der Waals surface area contributed by atoms with Crippen LogP contribution in [0.4, 0.5) is 10.1 Å². The lowest BCUT2D eigenvalue weighted by atomic mass is 9.83. The Bertz CT molecular complexity index is 779. The number of nitro groups is 1. The first-order valence-corrected chi connectivity index (χ1v) is 7.82. The molecule has 2 heterocycles. The number of non-ortho nitro benzene ring substituents is 1. The summed E-state index contributed by atoms with van der Waals surface area (Å²) in [5.74, 6) is -3.87. The molecule has 2 aliphatic heterocycles. The molecule has 2 aliphatic rings. The van der Waals surface area contributed by atoms with Crippen LogP contribution in [0.2, 0.25) is 0 Å². The lowest BCUT2D eigenvalue weighted by Gasteiger charge is -2.45. The lowest BCUT2D eigenvalue weighted by molar-refractivity contribution is -0.384. The molecule has 0 bridgehead atoms. The highest BCUT2D eigenvalue weighted by atomic mass is 19.1. The van der Waals surface area contributed by atoms with Gasteiger partial charge >= 0.3 is 5.97 Å². The van der Waals surface area contributed by atoms with E-state index in [1.807, 2.05) is 0 Å². The number of amides is 1. The molecule has 0 radical (unpaired) electrons. The highest BCUT2D eigenvalue weighted by molar-refractivity contribution is 6.13. The molecule has 0 saturated carbocycles.